The van der Waals surface area contributed by atoms with Crippen LogP contribution in [0.5, 0.6) is 0 Å². The maximum Gasteiger partial charge on any atom is 0.240 e. The second-order valence-electron chi connectivity index (χ2n) is 5.76. The van der Waals surface area contributed by atoms with Crippen LogP contribution in [0.2, 0.25) is 0 Å². The molecule has 1 unspecified atom stereocenters. The summed E-state index contributed by atoms with van der Waals surface area (Å²) in [6.45, 7) is 5.52. The van der Waals surface area contributed by atoms with Gasteiger partial charge >= 0.3 is 0 Å². The maximum absolute atomic E-state index is 12.4. The minimum Gasteiger partial charge on any atom is -0.449 e. The molecule has 126 valence electrons. The third-order valence-electron chi connectivity index (χ3n) is 3.63. The Balaban J connectivity index is 2.20. The molecule has 0 saturated heterocycles. The van der Waals surface area contributed by atoms with Crippen LogP contribution in [0, 0.1) is 12.8 Å². The molecular formula is C16H22N2O4S. The minimum atomic E-state index is -3.63. The second-order valence-corrected chi connectivity index (χ2v) is 7.47. The van der Waals surface area contributed by atoms with Gasteiger partial charge in [-0.25, -0.2) is 18.1 Å². The quantitative estimate of drug-likeness (QED) is 0.808. The number of hydrogen-bond donors (Lipinski definition) is 2. The zero-order chi connectivity index (χ0) is 17.0. The van der Waals surface area contributed by atoms with Gasteiger partial charge in [0, 0.05) is 25.1 Å². The first-order chi connectivity index (χ1) is 10.8. The molecule has 0 radical (unpaired) electrons. The number of rotatable bonds is 7. The molecule has 1 atom stereocenters. The van der Waals surface area contributed by atoms with Crippen molar-refractivity contribution in [3.63, 3.8) is 0 Å². The summed E-state index contributed by atoms with van der Waals surface area (Å²) in [4.78, 5) is 4.39. The van der Waals surface area contributed by atoms with E-state index in [0.29, 0.717) is 18.0 Å². The molecule has 1 heterocycles. The lowest BCUT2D eigenvalue weighted by molar-refractivity contribution is 0.256. The summed E-state index contributed by atoms with van der Waals surface area (Å²) < 4.78 is 32.7. The van der Waals surface area contributed by atoms with Crippen molar-refractivity contribution in [1.29, 1.82) is 0 Å². The number of nitrogens with zero attached hydrogens (tertiary/aromatic N) is 1. The van der Waals surface area contributed by atoms with Gasteiger partial charge in [0.1, 0.15) is 12.0 Å². The van der Waals surface area contributed by atoms with Crippen molar-refractivity contribution < 1.29 is 17.9 Å². The Hall–Kier alpha value is -1.70. The van der Waals surface area contributed by atoms with E-state index in [-0.39, 0.29) is 23.5 Å². The molecule has 0 spiro atoms. The lowest BCUT2D eigenvalue weighted by Crippen LogP contribution is -2.39. The topological polar surface area (TPSA) is 92.4 Å². The molecule has 0 aliphatic carbocycles. The Morgan fingerprint density at radius 2 is 1.91 bits per heavy atom. The molecule has 0 aliphatic rings. The highest BCUT2D eigenvalue weighted by atomic mass is 32.2. The van der Waals surface area contributed by atoms with Crippen molar-refractivity contribution in [2.75, 3.05) is 6.61 Å². The van der Waals surface area contributed by atoms with E-state index in [1.165, 1.54) is 18.4 Å². The maximum atomic E-state index is 12.4. The first-order valence-corrected chi connectivity index (χ1v) is 8.97. The van der Waals surface area contributed by atoms with Gasteiger partial charge in [-0.1, -0.05) is 26.0 Å². The molecule has 1 aromatic heterocycles. The van der Waals surface area contributed by atoms with E-state index in [9.17, 15) is 8.42 Å². The first kappa shape index (κ1) is 17.7. The number of sulfonamides is 1. The van der Waals surface area contributed by atoms with Crippen LogP contribution >= 0.6 is 0 Å². The summed E-state index contributed by atoms with van der Waals surface area (Å²) in [6.07, 6.45) is 1.92. The molecule has 6 nitrogen and oxygen atoms in total. The van der Waals surface area contributed by atoms with Gasteiger partial charge in [-0.15, -0.1) is 0 Å². The Labute approximate surface area is 136 Å². The number of hydrogen-bond acceptors (Lipinski definition) is 5. The van der Waals surface area contributed by atoms with E-state index in [1.807, 2.05) is 13.8 Å². The van der Waals surface area contributed by atoms with Crippen LogP contribution in [0.4, 0.5) is 0 Å². The van der Waals surface area contributed by atoms with E-state index in [4.69, 9.17) is 9.52 Å². The number of benzene rings is 1. The second kappa shape index (κ2) is 7.25. The van der Waals surface area contributed by atoms with Gasteiger partial charge < -0.3 is 9.52 Å². The van der Waals surface area contributed by atoms with Gasteiger partial charge in [0.05, 0.1) is 4.90 Å². The van der Waals surface area contributed by atoms with Crippen LogP contribution in [0.3, 0.4) is 0 Å². The zero-order valence-electron chi connectivity index (χ0n) is 13.5. The smallest absolute Gasteiger partial charge is 0.240 e. The van der Waals surface area contributed by atoms with Crippen molar-refractivity contribution in [1.82, 2.24) is 9.71 Å². The average Bonchev–Trinajstić information content (AvgIpc) is 2.93. The first-order valence-electron chi connectivity index (χ1n) is 7.49. The van der Waals surface area contributed by atoms with Crippen LogP contribution in [-0.2, 0) is 10.0 Å². The van der Waals surface area contributed by atoms with Gasteiger partial charge in [0.25, 0.3) is 0 Å². The molecule has 0 fully saturated rings. The lowest BCUT2D eigenvalue weighted by Gasteiger charge is -2.21. The number of aryl methyl sites for hydroxylation is 1. The van der Waals surface area contributed by atoms with Crippen molar-refractivity contribution in [3.8, 4) is 11.3 Å². The third kappa shape index (κ3) is 4.40. The highest BCUT2D eigenvalue weighted by Gasteiger charge is 2.22. The van der Waals surface area contributed by atoms with E-state index >= 15 is 0 Å². The molecular weight excluding hydrogens is 316 g/mol. The number of aromatic nitrogens is 1. The summed E-state index contributed by atoms with van der Waals surface area (Å²) in [7, 11) is -3.63. The third-order valence-corrected chi connectivity index (χ3v) is 5.14. The van der Waals surface area contributed by atoms with Gasteiger partial charge in [0.2, 0.25) is 10.0 Å². The molecule has 0 aliphatic heterocycles. The SMILES string of the molecule is Cc1nc(-c2ccc(S(=O)(=O)NC(CCO)C(C)C)cc2)co1. The number of aliphatic hydroxyl groups is 1. The average molecular weight is 338 g/mol. The standard InChI is InChI=1S/C16H22N2O4S/c1-11(2)15(8-9-19)18-23(20,21)14-6-4-13(5-7-14)16-10-22-12(3)17-16/h4-7,10-11,15,18-19H,8-9H2,1-3H3. The number of oxazole rings is 1. The summed E-state index contributed by atoms with van der Waals surface area (Å²) >= 11 is 0. The van der Waals surface area contributed by atoms with Crippen LogP contribution in [0.25, 0.3) is 11.3 Å². The lowest BCUT2D eigenvalue weighted by atomic mass is 10.0. The van der Waals surface area contributed by atoms with Crippen molar-refractivity contribution in [2.24, 2.45) is 5.92 Å². The Morgan fingerprint density at radius 1 is 1.26 bits per heavy atom. The molecule has 1 aromatic carbocycles. The molecule has 2 N–H and O–H groups in total. The highest BCUT2D eigenvalue weighted by Crippen LogP contribution is 2.21. The Bertz CT molecular complexity index is 736. The number of aliphatic hydroxyl groups excluding tert-OH is 1. The fraction of sp³-hybridized carbons (Fsp3) is 0.438. The molecule has 0 amide bonds. The molecule has 2 aromatic rings. The van der Waals surface area contributed by atoms with Gasteiger partial charge in [-0.3, -0.25) is 0 Å². The summed E-state index contributed by atoms with van der Waals surface area (Å²) in [5.41, 5.74) is 1.45. The summed E-state index contributed by atoms with van der Waals surface area (Å²) in [6, 6.07) is 6.17. The molecule has 23 heavy (non-hydrogen) atoms. The van der Waals surface area contributed by atoms with Gasteiger partial charge in [-0.05, 0) is 24.5 Å². The molecule has 7 heteroatoms. The Morgan fingerprint density at radius 3 is 2.39 bits per heavy atom. The molecule has 0 bridgehead atoms. The van der Waals surface area contributed by atoms with Crippen LogP contribution in [-0.4, -0.2) is 31.2 Å². The van der Waals surface area contributed by atoms with Gasteiger partial charge in [-0.2, -0.15) is 0 Å². The summed E-state index contributed by atoms with van der Waals surface area (Å²) in [5, 5.41) is 9.07. The molecule has 2 rings (SSSR count). The van der Waals surface area contributed by atoms with E-state index in [0.717, 1.165) is 5.56 Å². The normalized spacial score (nSPS) is 13.4. The predicted octanol–water partition coefficient (Wildman–Crippen LogP) is 2.34. The minimum absolute atomic E-state index is 0.0597. The van der Waals surface area contributed by atoms with Crippen molar-refractivity contribution in [3.05, 3.63) is 36.4 Å². The van der Waals surface area contributed by atoms with E-state index in [2.05, 4.69) is 9.71 Å². The Kier molecular flexibility index (Phi) is 5.56. The van der Waals surface area contributed by atoms with E-state index in [1.54, 1.807) is 19.1 Å². The predicted molar refractivity (Wildman–Crippen MR) is 87.3 cm³/mol. The van der Waals surface area contributed by atoms with Crippen LogP contribution in [0.15, 0.2) is 39.8 Å². The van der Waals surface area contributed by atoms with Crippen LogP contribution < -0.4 is 4.72 Å². The monoisotopic (exact) mass is 338 g/mol. The van der Waals surface area contributed by atoms with Gasteiger partial charge in [0.15, 0.2) is 5.89 Å². The van der Waals surface area contributed by atoms with Crippen LogP contribution in [0.1, 0.15) is 26.2 Å². The number of nitrogens with one attached hydrogen (secondary N) is 1. The fourth-order valence-electron chi connectivity index (χ4n) is 2.24. The highest BCUT2D eigenvalue weighted by molar-refractivity contribution is 7.89. The van der Waals surface area contributed by atoms with Crippen molar-refractivity contribution in [2.45, 2.75) is 38.1 Å². The van der Waals surface area contributed by atoms with E-state index < -0.39 is 10.0 Å². The van der Waals surface area contributed by atoms with Crippen molar-refractivity contribution >= 4 is 10.0 Å². The molecule has 0 saturated carbocycles. The summed E-state index contributed by atoms with van der Waals surface area (Å²) in [5.74, 6) is 0.649. The fourth-order valence-corrected chi connectivity index (χ4v) is 3.65. The largest absolute Gasteiger partial charge is 0.449 e. The zero-order valence-corrected chi connectivity index (χ0v) is 14.3.